The molecule has 0 unspecified atom stereocenters. The van der Waals surface area contributed by atoms with Gasteiger partial charge in [-0.1, -0.05) is 48.9 Å². The van der Waals surface area contributed by atoms with E-state index in [1.807, 2.05) is 6.92 Å². The topological polar surface area (TPSA) is 0 Å². The molecule has 25 heavy (non-hydrogen) atoms. The van der Waals surface area contributed by atoms with Crippen molar-refractivity contribution in [1.82, 2.24) is 0 Å². The van der Waals surface area contributed by atoms with Crippen LogP contribution in [-0.4, -0.2) is 11.0 Å². The van der Waals surface area contributed by atoms with Crippen molar-refractivity contribution in [2.24, 2.45) is 0 Å². The van der Waals surface area contributed by atoms with Gasteiger partial charge in [-0.2, -0.15) is 26.3 Å². The molecule has 2 aromatic rings. The molecule has 2 rings (SSSR count). The molecule has 0 amide bonds. The average Bonchev–Trinajstić information content (AvgIpc) is 2.47. The number of rotatable bonds is 4. The maximum Gasteiger partial charge on any atom is 0.446 e. The van der Waals surface area contributed by atoms with Gasteiger partial charge in [0.15, 0.2) is 0 Å². The third-order valence-corrected chi connectivity index (χ3v) is 5.41. The van der Waals surface area contributed by atoms with Crippen LogP contribution in [0.3, 0.4) is 0 Å². The molecule has 0 fully saturated rings. The number of hydrogen-bond donors (Lipinski definition) is 0. The van der Waals surface area contributed by atoms with E-state index in [1.54, 1.807) is 12.1 Å². The largest absolute Gasteiger partial charge is 0.446 e. The molecule has 0 saturated carbocycles. The normalized spacial score (nSPS) is 12.5. The molecule has 0 nitrogen and oxygen atoms in total. The summed E-state index contributed by atoms with van der Waals surface area (Å²) in [6, 6.07) is 8.49. The summed E-state index contributed by atoms with van der Waals surface area (Å²) in [7, 11) is 0. The fourth-order valence-electron chi connectivity index (χ4n) is 2.21. The molecule has 0 N–H and O–H groups in total. The SMILES string of the molecule is CCc1cccc(-c2cccc(SC(F)(F)F)c2SC(F)(F)F)c1Cl. The van der Waals surface area contributed by atoms with Crippen LogP contribution in [0.4, 0.5) is 26.3 Å². The Morgan fingerprint density at radius 3 is 1.96 bits per heavy atom. The number of halogens is 7. The van der Waals surface area contributed by atoms with E-state index >= 15 is 0 Å². The third-order valence-electron chi connectivity index (χ3n) is 3.17. The van der Waals surface area contributed by atoms with E-state index in [0.717, 1.165) is 6.07 Å². The third kappa shape index (κ3) is 5.49. The smallest absolute Gasteiger partial charge is 0.160 e. The number of hydrogen-bond acceptors (Lipinski definition) is 2. The average molecular weight is 417 g/mol. The molecular formula is C16H11ClF6S2. The highest BCUT2D eigenvalue weighted by Crippen LogP contribution is 2.50. The van der Waals surface area contributed by atoms with Crippen molar-refractivity contribution >= 4 is 35.1 Å². The van der Waals surface area contributed by atoms with Crippen LogP contribution in [0.5, 0.6) is 0 Å². The maximum atomic E-state index is 12.9. The Labute approximate surface area is 153 Å². The van der Waals surface area contributed by atoms with Crippen molar-refractivity contribution in [3.8, 4) is 11.1 Å². The monoisotopic (exact) mass is 416 g/mol. The predicted molar refractivity (Wildman–Crippen MR) is 90.1 cm³/mol. The fourth-order valence-corrected chi connectivity index (χ4v) is 4.11. The van der Waals surface area contributed by atoms with Gasteiger partial charge in [-0.3, -0.25) is 0 Å². The van der Waals surface area contributed by atoms with E-state index in [-0.39, 0.29) is 16.1 Å². The van der Waals surface area contributed by atoms with Crippen molar-refractivity contribution < 1.29 is 26.3 Å². The molecule has 0 bridgehead atoms. The van der Waals surface area contributed by atoms with Crippen LogP contribution in [0.25, 0.3) is 11.1 Å². The Balaban J connectivity index is 2.67. The van der Waals surface area contributed by atoms with Crippen molar-refractivity contribution in [3.63, 3.8) is 0 Å². The van der Waals surface area contributed by atoms with Crippen LogP contribution in [0.2, 0.25) is 5.02 Å². The number of alkyl halides is 6. The van der Waals surface area contributed by atoms with Crippen LogP contribution in [0.15, 0.2) is 46.2 Å². The number of thioether (sulfide) groups is 2. The lowest BCUT2D eigenvalue weighted by atomic mass is 10.0. The highest BCUT2D eigenvalue weighted by Gasteiger charge is 2.36. The van der Waals surface area contributed by atoms with E-state index in [1.165, 1.54) is 18.2 Å². The first-order valence-corrected chi connectivity index (χ1v) is 8.95. The minimum Gasteiger partial charge on any atom is -0.160 e. The minimum absolute atomic E-state index is 0.0249. The van der Waals surface area contributed by atoms with E-state index in [4.69, 9.17) is 11.6 Å². The van der Waals surface area contributed by atoms with Gasteiger partial charge in [0.05, 0.1) is 5.02 Å². The lowest BCUT2D eigenvalue weighted by Gasteiger charge is -2.18. The molecule has 0 aliphatic rings. The summed E-state index contributed by atoms with van der Waals surface area (Å²) in [5.41, 5.74) is -8.43. The summed E-state index contributed by atoms with van der Waals surface area (Å²) < 4.78 is 77.0. The summed E-state index contributed by atoms with van der Waals surface area (Å²) in [5, 5.41) is 0.239. The van der Waals surface area contributed by atoms with Gasteiger partial charge in [0, 0.05) is 15.4 Å². The Kier molecular flexibility index (Phi) is 6.27. The Morgan fingerprint density at radius 1 is 0.840 bits per heavy atom. The quantitative estimate of drug-likeness (QED) is 0.368. The van der Waals surface area contributed by atoms with Gasteiger partial charge < -0.3 is 0 Å². The highest BCUT2D eigenvalue weighted by atomic mass is 35.5. The van der Waals surface area contributed by atoms with Gasteiger partial charge in [-0.05, 0) is 47.1 Å². The molecule has 2 aromatic carbocycles. The van der Waals surface area contributed by atoms with E-state index in [9.17, 15) is 26.3 Å². The van der Waals surface area contributed by atoms with E-state index < -0.39 is 44.3 Å². The second-order valence-corrected chi connectivity index (χ2v) is 7.42. The molecule has 0 aliphatic heterocycles. The van der Waals surface area contributed by atoms with E-state index in [0.29, 0.717) is 12.0 Å². The summed E-state index contributed by atoms with van der Waals surface area (Å²) >= 11 is 5.11. The van der Waals surface area contributed by atoms with Gasteiger partial charge in [-0.15, -0.1) is 0 Å². The first kappa shape index (κ1) is 20.3. The van der Waals surface area contributed by atoms with E-state index in [2.05, 4.69) is 0 Å². The molecule has 0 aliphatic carbocycles. The van der Waals surface area contributed by atoms with Crippen LogP contribution in [0.1, 0.15) is 12.5 Å². The Bertz CT molecular complexity index is 755. The van der Waals surface area contributed by atoms with Crippen LogP contribution in [0, 0.1) is 0 Å². The summed E-state index contributed by atoms with van der Waals surface area (Å²) in [4.78, 5) is -1.02. The minimum atomic E-state index is -4.73. The highest BCUT2D eigenvalue weighted by molar-refractivity contribution is 8.03. The van der Waals surface area contributed by atoms with Crippen molar-refractivity contribution in [1.29, 1.82) is 0 Å². The molecule has 0 saturated heterocycles. The second-order valence-electron chi connectivity index (χ2n) is 4.86. The number of benzene rings is 2. The molecule has 0 heterocycles. The first-order valence-electron chi connectivity index (χ1n) is 6.94. The van der Waals surface area contributed by atoms with Gasteiger partial charge in [0.1, 0.15) is 0 Å². The predicted octanol–water partition coefficient (Wildman–Crippen LogP) is 7.79. The lowest BCUT2D eigenvalue weighted by Crippen LogP contribution is -2.04. The van der Waals surface area contributed by atoms with Crippen LogP contribution in [-0.2, 0) is 6.42 Å². The molecule has 0 aromatic heterocycles. The standard InChI is InChI=1S/C16H11ClF6S2/c1-2-9-5-3-6-10(13(9)17)11-7-4-8-12(24-15(18,19)20)14(11)25-16(21,22)23/h3-8H,2H2,1H3. The summed E-state index contributed by atoms with van der Waals surface area (Å²) in [6.07, 6.45) is 0.547. The molecule has 0 radical (unpaired) electrons. The Morgan fingerprint density at radius 2 is 1.40 bits per heavy atom. The van der Waals surface area contributed by atoms with Gasteiger partial charge in [0.25, 0.3) is 0 Å². The van der Waals surface area contributed by atoms with Crippen molar-refractivity contribution in [3.05, 3.63) is 47.0 Å². The zero-order valence-corrected chi connectivity index (χ0v) is 15.0. The molecule has 136 valence electrons. The fraction of sp³-hybridized carbons (Fsp3) is 0.250. The molecule has 0 spiro atoms. The number of aryl methyl sites for hydroxylation is 1. The summed E-state index contributed by atoms with van der Waals surface area (Å²) in [5.74, 6) is 0. The zero-order valence-electron chi connectivity index (χ0n) is 12.6. The van der Waals surface area contributed by atoms with Crippen molar-refractivity contribution in [2.75, 3.05) is 0 Å². The molecule has 9 heteroatoms. The lowest BCUT2D eigenvalue weighted by molar-refractivity contribution is -0.0346. The molecule has 0 atom stereocenters. The van der Waals surface area contributed by atoms with Crippen molar-refractivity contribution in [2.45, 2.75) is 34.2 Å². The molecular weight excluding hydrogens is 406 g/mol. The van der Waals surface area contributed by atoms with Gasteiger partial charge >= 0.3 is 11.0 Å². The summed E-state index contributed by atoms with van der Waals surface area (Å²) in [6.45, 7) is 1.83. The Hall–Kier alpha value is -0.990. The zero-order chi connectivity index (χ0) is 18.8. The van der Waals surface area contributed by atoms with Crippen LogP contribution >= 0.6 is 35.1 Å². The van der Waals surface area contributed by atoms with Gasteiger partial charge in [0.2, 0.25) is 0 Å². The maximum absolute atomic E-state index is 12.9. The first-order chi connectivity index (χ1) is 11.5. The van der Waals surface area contributed by atoms with Crippen LogP contribution < -0.4 is 0 Å². The van der Waals surface area contributed by atoms with Gasteiger partial charge in [-0.25, -0.2) is 0 Å². The second kappa shape index (κ2) is 7.72.